The number of ether oxygens (including phenoxy) is 1. The van der Waals surface area contributed by atoms with Crippen molar-refractivity contribution in [3.05, 3.63) is 0 Å². The number of likely N-dealkylation sites (tertiary alicyclic amines) is 1. The molecular weight excluding hydrogens is 187 g/mol. The van der Waals surface area contributed by atoms with Crippen molar-refractivity contribution in [1.82, 2.24) is 4.90 Å². The van der Waals surface area contributed by atoms with Crippen molar-refractivity contribution >= 4 is 5.91 Å². The Labute approximate surface area is 82.2 Å². The van der Waals surface area contributed by atoms with Gasteiger partial charge in [-0.15, -0.1) is 0 Å². The summed E-state index contributed by atoms with van der Waals surface area (Å²) >= 11 is 0. The zero-order valence-electron chi connectivity index (χ0n) is 7.99. The van der Waals surface area contributed by atoms with Gasteiger partial charge in [0.15, 0.2) is 0 Å². The van der Waals surface area contributed by atoms with Crippen molar-refractivity contribution in [3.8, 4) is 0 Å². The van der Waals surface area contributed by atoms with Gasteiger partial charge in [-0.25, -0.2) is 4.39 Å². The summed E-state index contributed by atoms with van der Waals surface area (Å²) in [6.45, 7) is 1.56. The lowest BCUT2D eigenvalue weighted by Crippen LogP contribution is -2.42. The number of alkyl halides is 1. The maximum atomic E-state index is 12.9. The zero-order chi connectivity index (χ0) is 10.1. The first-order valence-electron chi connectivity index (χ1n) is 4.94. The summed E-state index contributed by atoms with van der Waals surface area (Å²) in [5, 5.41) is 0. The fourth-order valence-corrected chi connectivity index (χ4v) is 1.98. The van der Waals surface area contributed by atoms with Crippen LogP contribution in [0.3, 0.4) is 0 Å². The Morgan fingerprint density at radius 2 is 2.29 bits per heavy atom. The van der Waals surface area contributed by atoms with Crippen LogP contribution in [-0.2, 0) is 9.53 Å². The standard InChI is InChI=1S/C9H15FN2O2/c10-6-1-2-12(3-6)9(13)7-4-14-5-8(7)11/h6-8H,1-5,11H2. The third-order valence-corrected chi connectivity index (χ3v) is 2.88. The van der Waals surface area contributed by atoms with Gasteiger partial charge in [0.1, 0.15) is 6.17 Å². The van der Waals surface area contributed by atoms with Crippen molar-refractivity contribution < 1.29 is 13.9 Å². The van der Waals surface area contributed by atoms with Crippen LogP contribution in [0.2, 0.25) is 0 Å². The minimum absolute atomic E-state index is 0.0462. The molecular formula is C9H15FN2O2. The summed E-state index contributed by atoms with van der Waals surface area (Å²) in [5.41, 5.74) is 5.72. The van der Waals surface area contributed by atoms with Crippen molar-refractivity contribution in [2.75, 3.05) is 26.3 Å². The SMILES string of the molecule is NC1COCC1C(=O)N1CCC(F)C1. The van der Waals surface area contributed by atoms with Crippen LogP contribution in [0.5, 0.6) is 0 Å². The van der Waals surface area contributed by atoms with Gasteiger partial charge in [0.25, 0.3) is 0 Å². The summed E-state index contributed by atoms with van der Waals surface area (Å²) in [4.78, 5) is 13.4. The summed E-state index contributed by atoms with van der Waals surface area (Å²) in [6.07, 6.45) is -0.410. The van der Waals surface area contributed by atoms with Gasteiger partial charge in [0.2, 0.25) is 5.91 Å². The van der Waals surface area contributed by atoms with Crippen LogP contribution in [0.1, 0.15) is 6.42 Å². The summed E-state index contributed by atoms with van der Waals surface area (Å²) in [6, 6.07) is -0.221. The molecule has 5 heteroatoms. The maximum absolute atomic E-state index is 12.9. The molecule has 1 amide bonds. The quantitative estimate of drug-likeness (QED) is 0.625. The highest BCUT2D eigenvalue weighted by atomic mass is 19.1. The smallest absolute Gasteiger partial charge is 0.229 e. The Balaban J connectivity index is 1.94. The number of hydrogen-bond acceptors (Lipinski definition) is 3. The average Bonchev–Trinajstić information content (AvgIpc) is 2.73. The van der Waals surface area contributed by atoms with E-state index in [1.54, 1.807) is 4.90 Å². The Morgan fingerprint density at radius 1 is 1.50 bits per heavy atom. The molecule has 0 aliphatic carbocycles. The monoisotopic (exact) mass is 202 g/mol. The van der Waals surface area contributed by atoms with E-state index in [1.165, 1.54) is 0 Å². The Morgan fingerprint density at radius 3 is 2.79 bits per heavy atom. The summed E-state index contributed by atoms with van der Waals surface area (Å²) < 4.78 is 18.0. The maximum Gasteiger partial charge on any atom is 0.229 e. The number of hydrogen-bond donors (Lipinski definition) is 1. The molecule has 14 heavy (non-hydrogen) atoms. The van der Waals surface area contributed by atoms with Gasteiger partial charge in [0, 0.05) is 12.6 Å². The van der Waals surface area contributed by atoms with E-state index in [0.717, 1.165) is 0 Å². The molecule has 3 atom stereocenters. The third-order valence-electron chi connectivity index (χ3n) is 2.88. The molecule has 2 N–H and O–H groups in total. The van der Waals surface area contributed by atoms with Gasteiger partial charge in [-0.05, 0) is 6.42 Å². The molecule has 3 unspecified atom stereocenters. The fraction of sp³-hybridized carbons (Fsp3) is 0.889. The van der Waals surface area contributed by atoms with E-state index >= 15 is 0 Å². The molecule has 2 aliphatic heterocycles. The number of carbonyl (C=O) groups excluding carboxylic acids is 1. The average molecular weight is 202 g/mol. The number of amides is 1. The Kier molecular flexibility index (Phi) is 2.69. The Hall–Kier alpha value is -0.680. The van der Waals surface area contributed by atoms with E-state index in [0.29, 0.717) is 26.2 Å². The van der Waals surface area contributed by atoms with E-state index in [2.05, 4.69) is 0 Å². The highest BCUT2D eigenvalue weighted by Crippen LogP contribution is 2.19. The molecule has 4 nitrogen and oxygen atoms in total. The Bertz CT molecular complexity index is 237. The fourth-order valence-electron chi connectivity index (χ4n) is 1.98. The zero-order valence-corrected chi connectivity index (χ0v) is 7.99. The van der Waals surface area contributed by atoms with Gasteiger partial charge in [-0.1, -0.05) is 0 Å². The first kappa shape index (κ1) is 9.86. The first-order chi connectivity index (χ1) is 6.68. The summed E-state index contributed by atoms with van der Waals surface area (Å²) in [7, 11) is 0. The van der Waals surface area contributed by atoms with E-state index in [-0.39, 0.29) is 24.4 Å². The van der Waals surface area contributed by atoms with Crippen molar-refractivity contribution in [2.45, 2.75) is 18.6 Å². The van der Waals surface area contributed by atoms with Crippen LogP contribution in [0.4, 0.5) is 4.39 Å². The second-order valence-electron chi connectivity index (χ2n) is 3.98. The molecule has 80 valence electrons. The van der Waals surface area contributed by atoms with Crippen LogP contribution >= 0.6 is 0 Å². The van der Waals surface area contributed by atoms with Crippen LogP contribution in [-0.4, -0.2) is 49.3 Å². The second kappa shape index (κ2) is 3.82. The topological polar surface area (TPSA) is 55.6 Å². The highest BCUT2D eigenvalue weighted by molar-refractivity contribution is 5.80. The summed E-state index contributed by atoms with van der Waals surface area (Å²) in [5.74, 6) is -0.310. The number of rotatable bonds is 1. The van der Waals surface area contributed by atoms with E-state index in [4.69, 9.17) is 10.5 Å². The molecule has 2 heterocycles. The van der Waals surface area contributed by atoms with Gasteiger partial charge >= 0.3 is 0 Å². The number of carbonyl (C=O) groups is 1. The predicted octanol–water partition coefficient (Wildman–Crippen LogP) is -0.469. The van der Waals surface area contributed by atoms with Gasteiger partial charge in [-0.3, -0.25) is 4.79 Å². The molecule has 2 aliphatic rings. The van der Waals surface area contributed by atoms with Crippen molar-refractivity contribution in [2.24, 2.45) is 11.7 Å². The lowest BCUT2D eigenvalue weighted by molar-refractivity contribution is -0.134. The largest absolute Gasteiger partial charge is 0.379 e. The second-order valence-corrected chi connectivity index (χ2v) is 3.98. The molecule has 2 rings (SSSR count). The lowest BCUT2D eigenvalue weighted by Gasteiger charge is -2.21. The highest BCUT2D eigenvalue weighted by Gasteiger charge is 2.36. The third kappa shape index (κ3) is 1.74. The molecule has 0 aromatic rings. The van der Waals surface area contributed by atoms with Crippen LogP contribution < -0.4 is 5.73 Å². The van der Waals surface area contributed by atoms with Crippen molar-refractivity contribution in [3.63, 3.8) is 0 Å². The molecule has 0 aromatic carbocycles. The first-order valence-corrected chi connectivity index (χ1v) is 4.94. The van der Waals surface area contributed by atoms with Crippen LogP contribution in [0, 0.1) is 5.92 Å². The van der Waals surface area contributed by atoms with E-state index in [9.17, 15) is 9.18 Å². The lowest BCUT2D eigenvalue weighted by atomic mass is 10.0. The minimum Gasteiger partial charge on any atom is -0.379 e. The van der Waals surface area contributed by atoms with E-state index in [1.807, 2.05) is 0 Å². The molecule has 0 bridgehead atoms. The number of nitrogens with zero attached hydrogens (tertiary/aromatic N) is 1. The number of nitrogens with two attached hydrogens (primary N) is 1. The van der Waals surface area contributed by atoms with Crippen LogP contribution in [0.25, 0.3) is 0 Å². The normalized spacial score (nSPS) is 37.9. The molecule has 0 saturated carbocycles. The molecule has 2 saturated heterocycles. The molecule has 0 radical (unpaired) electrons. The van der Waals surface area contributed by atoms with E-state index < -0.39 is 6.17 Å². The molecule has 0 aromatic heterocycles. The molecule has 0 spiro atoms. The van der Waals surface area contributed by atoms with Gasteiger partial charge < -0.3 is 15.4 Å². The van der Waals surface area contributed by atoms with Gasteiger partial charge in [-0.2, -0.15) is 0 Å². The van der Waals surface area contributed by atoms with Gasteiger partial charge in [0.05, 0.1) is 25.7 Å². The van der Waals surface area contributed by atoms with Crippen molar-refractivity contribution in [1.29, 1.82) is 0 Å². The minimum atomic E-state index is -0.863. The predicted molar refractivity (Wildman–Crippen MR) is 48.4 cm³/mol. The molecule has 2 fully saturated rings. The number of halogens is 1. The van der Waals surface area contributed by atoms with Crippen LogP contribution in [0.15, 0.2) is 0 Å².